The Balaban J connectivity index is 1.92. The van der Waals surface area contributed by atoms with Crippen LogP contribution in [0.2, 0.25) is 0 Å². The van der Waals surface area contributed by atoms with Crippen molar-refractivity contribution in [3.05, 3.63) is 65.5 Å². The van der Waals surface area contributed by atoms with Gasteiger partial charge < -0.3 is 5.32 Å². The molecule has 0 aliphatic heterocycles. The summed E-state index contributed by atoms with van der Waals surface area (Å²) in [4.78, 5) is 6.98. The standard InChI is InChI=1S/C18H25N3/c1-3-19-12-17-10-11-18(20-13-17)15-21(4-2)14-16-8-6-5-7-9-16/h5-11,13,19H,3-4,12,14-15H2,1-2H3. The van der Waals surface area contributed by atoms with Crippen LogP contribution in [-0.4, -0.2) is 23.0 Å². The van der Waals surface area contributed by atoms with Gasteiger partial charge in [-0.2, -0.15) is 0 Å². The Kier molecular flexibility index (Phi) is 6.38. The lowest BCUT2D eigenvalue weighted by atomic mass is 10.2. The first kappa shape index (κ1) is 15.7. The van der Waals surface area contributed by atoms with Crippen LogP contribution in [0, 0.1) is 0 Å². The molecule has 0 saturated carbocycles. The van der Waals surface area contributed by atoms with E-state index in [2.05, 4.69) is 71.5 Å². The van der Waals surface area contributed by atoms with E-state index in [0.29, 0.717) is 0 Å². The maximum atomic E-state index is 4.58. The highest BCUT2D eigenvalue weighted by Gasteiger charge is 2.06. The minimum atomic E-state index is 0.894. The van der Waals surface area contributed by atoms with Gasteiger partial charge in [-0.25, -0.2) is 0 Å². The molecule has 2 aromatic rings. The number of hydrogen-bond donors (Lipinski definition) is 1. The van der Waals surface area contributed by atoms with Gasteiger partial charge in [0, 0.05) is 25.8 Å². The molecule has 0 aliphatic carbocycles. The van der Waals surface area contributed by atoms with E-state index in [1.807, 2.05) is 6.20 Å². The lowest BCUT2D eigenvalue weighted by molar-refractivity contribution is 0.268. The lowest BCUT2D eigenvalue weighted by Crippen LogP contribution is -2.23. The minimum Gasteiger partial charge on any atom is -0.313 e. The van der Waals surface area contributed by atoms with Gasteiger partial charge in [0.05, 0.1) is 5.69 Å². The quantitative estimate of drug-likeness (QED) is 0.806. The van der Waals surface area contributed by atoms with Gasteiger partial charge in [-0.1, -0.05) is 50.2 Å². The van der Waals surface area contributed by atoms with E-state index >= 15 is 0 Å². The van der Waals surface area contributed by atoms with Crippen molar-refractivity contribution in [3.63, 3.8) is 0 Å². The molecule has 1 aromatic heterocycles. The van der Waals surface area contributed by atoms with Crippen molar-refractivity contribution < 1.29 is 0 Å². The second kappa shape index (κ2) is 8.55. The number of hydrogen-bond acceptors (Lipinski definition) is 3. The van der Waals surface area contributed by atoms with Crippen LogP contribution in [-0.2, 0) is 19.6 Å². The Morgan fingerprint density at radius 1 is 0.952 bits per heavy atom. The van der Waals surface area contributed by atoms with Crippen LogP contribution in [0.5, 0.6) is 0 Å². The molecule has 1 N–H and O–H groups in total. The summed E-state index contributed by atoms with van der Waals surface area (Å²) in [6.07, 6.45) is 1.98. The molecule has 21 heavy (non-hydrogen) atoms. The van der Waals surface area contributed by atoms with E-state index in [0.717, 1.165) is 38.4 Å². The van der Waals surface area contributed by atoms with Crippen LogP contribution in [0.3, 0.4) is 0 Å². The van der Waals surface area contributed by atoms with Gasteiger partial charge in [-0.05, 0) is 30.3 Å². The Labute approximate surface area is 128 Å². The summed E-state index contributed by atoms with van der Waals surface area (Å²) < 4.78 is 0. The number of rotatable bonds is 8. The molecule has 3 nitrogen and oxygen atoms in total. The van der Waals surface area contributed by atoms with E-state index in [9.17, 15) is 0 Å². The molecule has 112 valence electrons. The van der Waals surface area contributed by atoms with Gasteiger partial charge in [-0.15, -0.1) is 0 Å². The molecular formula is C18H25N3. The molecule has 0 spiro atoms. The highest BCUT2D eigenvalue weighted by Crippen LogP contribution is 2.09. The number of nitrogens with one attached hydrogen (secondary N) is 1. The Morgan fingerprint density at radius 3 is 2.38 bits per heavy atom. The molecule has 0 radical (unpaired) electrons. The Hall–Kier alpha value is -1.71. The molecule has 0 bridgehead atoms. The zero-order chi connectivity index (χ0) is 14.9. The molecule has 1 aromatic carbocycles. The fourth-order valence-corrected chi connectivity index (χ4v) is 2.27. The minimum absolute atomic E-state index is 0.894. The Bertz CT molecular complexity index is 508. The largest absolute Gasteiger partial charge is 0.313 e. The zero-order valence-corrected chi connectivity index (χ0v) is 13.0. The first-order valence-corrected chi connectivity index (χ1v) is 7.72. The molecule has 0 fully saturated rings. The lowest BCUT2D eigenvalue weighted by Gasteiger charge is -2.20. The van der Waals surface area contributed by atoms with E-state index in [1.165, 1.54) is 11.1 Å². The fraction of sp³-hybridized carbons (Fsp3) is 0.389. The van der Waals surface area contributed by atoms with Gasteiger partial charge >= 0.3 is 0 Å². The SMILES string of the molecule is CCNCc1ccc(CN(CC)Cc2ccccc2)nc1. The number of benzene rings is 1. The molecule has 1 heterocycles. The van der Waals surface area contributed by atoms with Gasteiger partial charge in [0.2, 0.25) is 0 Å². The summed E-state index contributed by atoms with van der Waals surface area (Å²) in [5.74, 6) is 0. The van der Waals surface area contributed by atoms with E-state index in [4.69, 9.17) is 0 Å². The van der Waals surface area contributed by atoms with Crippen molar-refractivity contribution in [2.24, 2.45) is 0 Å². The molecule has 2 rings (SSSR count). The van der Waals surface area contributed by atoms with Crippen LogP contribution in [0.15, 0.2) is 48.7 Å². The van der Waals surface area contributed by atoms with Crippen LogP contribution < -0.4 is 5.32 Å². The topological polar surface area (TPSA) is 28.2 Å². The molecule has 0 amide bonds. The average molecular weight is 283 g/mol. The summed E-state index contributed by atoms with van der Waals surface area (Å²) in [6.45, 7) is 9.08. The molecule has 0 unspecified atom stereocenters. The van der Waals surface area contributed by atoms with E-state index in [1.54, 1.807) is 0 Å². The molecule has 0 atom stereocenters. The third-order valence-electron chi connectivity index (χ3n) is 3.55. The smallest absolute Gasteiger partial charge is 0.0544 e. The van der Waals surface area contributed by atoms with Crippen molar-refractivity contribution in [1.82, 2.24) is 15.2 Å². The van der Waals surface area contributed by atoms with Gasteiger partial charge in [0.15, 0.2) is 0 Å². The monoisotopic (exact) mass is 283 g/mol. The van der Waals surface area contributed by atoms with Crippen molar-refractivity contribution >= 4 is 0 Å². The van der Waals surface area contributed by atoms with Crippen molar-refractivity contribution in [1.29, 1.82) is 0 Å². The summed E-state index contributed by atoms with van der Waals surface area (Å²) in [6, 6.07) is 14.9. The molecule has 3 heteroatoms. The van der Waals surface area contributed by atoms with Gasteiger partial charge in [0.1, 0.15) is 0 Å². The predicted octanol–water partition coefficient (Wildman–Crippen LogP) is 3.21. The summed E-state index contributed by atoms with van der Waals surface area (Å²) in [5.41, 5.74) is 3.72. The number of pyridine rings is 1. The first-order chi connectivity index (χ1) is 10.3. The molecular weight excluding hydrogens is 258 g/mol. The van der Waals surface area contributed by atoms with Crippen molar-refractivity contribution in [3.8, 4) is 0 Å². The zero-order valence-electron chi connectivity index (χ0n) is 13.0. The summed E-state index contributed by atoms with van der Waals surface area (Å²) in [7, 11) is 0. The van der Waals surface area contributed by atoms with Crippen LogP contribution in [0.25, 0.3) is 0 Å². The molecule has 0 aliphatic rings. The maximum absolute atomic E-state index is 4.58. The van der Waals surface area contributed by atoms with Crippen LogP contribution in [0.1, 0.15) is 30.7 Å². The third-order valence-corrected chi connectivity index (χ3v) is 3.55. The highest BCUT2D eigenvalue weighted by molar-refractivity contribution is 5.16. The second-order valence-electron chi connectivity index (χ2n) is 5.23. The fourth-order valence-electron chi connectivity index (χ4n) is 2.27. The average Bonchev–Trinajstić information content (AvgIpc) is 2.54. The number of aromatic nitrogens is 1. The van der Waals surface area contributed by atoms with E-state index in [-0.39, 0.29) is 0 Å². The second-order valence-corrected chi connectivity index (χ2v) is 5.23. The normalized spacial score (nSPS) is 11.0. The summed E-state index contributed by atoms with van der Waals surface area (Å²) in [5, 5.41) is 3.32. The van der Waals surface area contributed by atoms with Crippen LogP contribution in [0.4, 0.5) is 0 Å². The predicted molar refractivity (Wildman–Crippen MR) is 87.8 cm³/mol. The van der Waals surface area contributed by atoms with Gasteiger partial charge in [-0.3, -0.25) is 9.88 Å². The number of nitrogens with zero attached hydrogens (tertiary/aromatic N) is 2. The maximum Gasteiger partial charge on any atom is 0.0544 e. The van der Waals surface area contributed by atoms with Gasteiger partial charge in [0.25, 0.3) is 0 Å². The molecule has 0 saturated heterocycles. The third kappa shape index (κ3) is 5.29. The van der Waals surface area contributed by atoms with E-state index < -0.39 is 0 Å². The summed E-state index contributed by atoms with van der Waals surface area (Å²) >= 11 is 0. The van der Waals surface area contributed by atoms with Crippen molar-refractivity contribution in [2.45, 2.75) is 33.5 Å². The van der Waals surface area contributed by atoms with Crippen LogP contribution >= 0.6 is 0 Å². The first-order valence-electron chi connectivity index (χ1n) is 7.72. The highest BCUT2D eigenvalue weighted by atomic mass is 15.1. The Morgan fingerprint density at radius 2 is 1.76 bits per heavy atom. The van der Waals surface area contributed by atoms with Crippen molar-refractivity contribution in [2.75, 3.05) is 13.1 Å².